The number of likely N-dealkylation sites (N-methyl/N-ethyl adjacent to an activating group) is 1. The van der Waals surface area contributed by atoms with Crippen molar-refractivity contribution in [1.82, 2.24) is 4.90 Å². The van der Waals surface area contributed by atoms with E-state index in [2.05, 4.69) is 0 Å². The van der Waals surface area contributed by atoms with Gasteiger partial charge in [0.25, 0.3) is 0 Å². The van der Waals surface area contributed by atoms with Gasteiger partial charge in [-0.1, -0.05) is 29.8 Å². The van der Waals surface area contributed by atoms with Crippen molar-refractivity contribution in [2.75, 3.05) is 20.1 Å². The molecular formula is C21H23Cl2NO5. The molecule has 0 amide bonds. The smallest absolute Gasteiger partial charge is 0.174 e. The molecule has 0 aliphatic carbocycles. The molecule has 2 aromatic carbocycles. The Bertz CT molecular complexity index is 936. The summed E-state index contributed by atoms with van der Waals surface area (Å²) in [5.41, 5.74) is 1.10. The number of ketones is 1. The van der Waals surface area contributed by atoms with Gasteiger partial charge in [0.15, 0.2) is 5.78 Å². The number of aromatic hydroxyl groups is 2. The SMILES string of the molecule is CN1CC[C@H](c2c(O)cc(O)c3c2OC(c2ccccc2Cl)CC3=O)[C@H](O)C1.Cl. The zero-order valence-electron chi connectivity index (χ0n) is 15.8. The molecule has 0 saturated carbocycles. The molecule has 1 fully saturated rings. The first-order chi connectivity index (χ1) is 13.4. The summed E-state index contributed by atoms with van der Waals surface area (Å²) in [4.78, 5) is 14.8. The molecule has 156 valence electrons. The van der Waals surface area contributed by atoms with Gasteiger partial charge in [-0.2, -0.15) is 0 Å². The minimum absolute atomic E-state index is 0. The molecule has 8 heteroatoms. The summed E-state index contributed by atoms with van der Waals surface area (Å²) in [7, 11) is 1.92. The van der Waals surface area contributed by atoms with Crippen LogP contribution in [0, 0.1) is 0 Å². The molecule has 4 rings (SSSR count). The Hall–Kier alpha value is -1.99. The number of ether oxygens (including phenoxy) is 1. The van der Waals surface area contributed by atoms with Crippen LogP contribution in [0.2, 0.25) is 5.02 Å². The van der Waals surface area contributed by atoms with Crippen LogP contribution in [-0.4, -0.2) is 52.2 Å². The number of aliphatic hydroxyl groups excluding tert-OH is 1. The van der Waals surface area contributed by atoms with Gasteiger partial charge in [0, 0.05) is 34.7 Å². The lowest BCUT2D eigenvalue weighted by Crippen LogP contribution is -2.40. The van der Waals surface area contributed by atoms with Gasteiger partial charge in [-0.25, -0.2) is 0 Å². The molecule has 0 radical (unpaired) electrons. The van der Waals surface area contributed by atoms with Crippen molar-refractivity contribution >= 4 is 29.8 Å². The molecule has 6 nitrogen and oxygen atoms in total. The zero-order valence-corrected chi connectivity index (χ0v) is 17.4. The van der Waals surface area contributed by atoms with Crippen molar-refractivity contribution < 1.29 is 24.9 Å². The molecule has 0 aromatic heterocycles. The highest BCUT2D eigenvalue weighted by Crippen LogP contribution is 2.50. The lowest BCUT2D eigenvalue weighted by molar-refractivity contribution is 0.0592. The number of carbonyl (C=O) groups excluding carboxylic acids is 1. The molecule has 3 N–H and O–H groups in total. The first kappa shape index (κ1) is 21.7. The van der Waals surface area contributed by atoms with E-state index in [1.807, 2.05) is 18.0 Å². The highest BCUT2D eigenvalue weighted by molar-refractivity contribution is 6.31. The summed E-state index contributed by atoms with van der Waals surface area (Å²) in [6.45, 7) is 1.18. The number of β-amino-alcohol motifs (C(OH)–C–C–N with tert-alkyl or cyclic N) is 1. The van der Waals surface area contributed by atoms with Gasteiger partial charge < -0.3 is 25.0 Å². The number of hydrogen-bond donors (Lipinski definition) is 3. The highest BCUT2D eigenvalue weighted by atomic mass is 35.5. The number of fused-ring (bicyclic) bond motifs is 1. The summed E-state index contributed by atoms with van der Waals surface area (Å²) >= 11 is 6.29. The van der Waals surface area contributed by atoms with E-state index in [0.29, 0.717) is 29.1 Å². The Labute approximate surface area is 180 Å². The van der Waals surface area contributed by atoms with E-state index >= 15 is 0 Å². The number of phenols is 2. The zero-order chi connectivity index (χ0) is 20.0. The average Bonchev–Trinajstić information content (AvgIpc) is 2.63. The number of benzene rings is 2. The summed E-state index contributed by atoms with van der Waals surface area (Å²) in [5, 5.41) is 32.0. The predicted octanol–water partition coefficient (Wildman–Crippen LogP) is 3.66. The Morgan fingerprint density at radius 1 is 1.21 bits per heavy atom. The topological polar surface area (TPSA) is 90.2 Å². The summed E-state index contributed by atoms with van der Waals surface area (Å²) in [6, 6.07) is 8.28. The first-order valence-electron chi connectivity index (χ1n) is 9.26. The van der Waals surface area contributed by atoms with Gasteiger partial charge in [0.1, 0.15) is 28.9 Å². The molecule has 29 heavy (non-hydrogen) atoms. The van der Waals surface area contributed by atoms with Gasteiger partial charge in [-0.15, -0.1) is 12.4 Å². The third kappa shape index (κ3) is 3.90. The van der Waals surface area contributed by atoms with E-state index in [-0.39, 0.29) is 47.4 Å². The van der Waals surface area contributed by atoms with Gasteiger partial charge in [-0.3, -0.25) is 4.79 Å². The quantitative estimate of drug-likeness (QED) is 0.661. The molecule has 1 saturated heterocycles. The summed E-state index contributed by atoms with van der Waals surface area (Å²) < 4.78 is 6.14. The largest absolute Gasteiger partial charge is 0.507 e. The fraction of sp³-hybridized carbons (Fsp3) is 0.381. The number of likely N-dealkylation sites (tertiary alicyclic amines) is 1. The highest BCUT2D eigenvalue weighted by Gasteiger charge is 2.39. The van der Waals surface area contributed by atoms with Crippen LogP contribution < -0.4 is 4.74 Å². The normalized spacial score (nSPS) is 24.4. The second-order valence-corrected chi connectivity index (χ2v) is 7.92. The summed E-state index contributed by atoms with van der Waals surface area (Å²) in [6.07, 6.45) is -0.726. The lowest BCUT2D eigenvalue weighted by Gasteiger charge is -2.37. The van der Waals surface area contributed by atoms with Crippen LogP contribution in [0.15, 0.2) is 30.3 Å². The molecule has 0 spiro atoms. The van der Waals surface area contributed by atoms with Crippen LogP contribution in [0.5, 0.6) is 17.2 Å². The number of rotatable bonds is 2. The molecule has 0 bridgehead atoms. The predicted molar refractivity (Wildman–Crippen MR) is 112 cm³/mol. The van der Waals surface area contributed by atoms with Crippen LogP contribution >= 0.6 is 24.0 Å². The molecular weight excluding hydrogens is 417 g/mol. The number of carbonyl (C=O) groups is 1. The van der Waals surface area contributed by atoms with Gasteiger partial charge in [0.2, 0.25) is 0 Å². The van der Waals surface area contributed by atoms with Crippen molar-refractivity contribution in [2.24, 2.45) is 0 Å². The fourth-order valence-electron chi connectivity index (χ4n) is 4.19. The molecule has 2 aliphatic heterocycles. The van der Waals surface area contributed by atoms with Gasteiger partial charge in [0.05, 0.1) is 12.5 Å². The second kappa shape index (κ2) is 8.40. The van der Waals surface area contributed by atoms with Crippen molar-refractivity contribution in [3.63, 3.8) is 0 Å². The van der Waals surface area contributed by atoms with E-state index in [9.17, 15) is 20.1 Å². The number of piperidine rings is 1. The molecule has 2 aromatic rings. The van der Waals surface area contributed by atoms with Crippen LogP contribution in [0.25, 0.3) is 0 Å². The Morgan fingerprint density at radius 2 is 1.93 bits per heavy atom. The van der Waals surface area contributed by atoms with Crippen molar-refractivity contribution in [3.8, 4) is 17.2 Å². The van der Waals surface area contributed by atoms with Crippen LogP contribution in [0.1, 0.15) is 46.3 Å². The number of nitrogens with zero attached hydrogens (tertiary/aromatic N) is 1. The van der Waals surface area contributed by atoms with Gasteiger partial charge >= 0.3 is 0 Å². The number of hydrogen-bond acceptors (Lipinski definition) is 6. The van der Waals surface area contributed by atoms with Crippen LogP contribution in [0.3, 0.4) is 0 Å². The van der Waals surface area contributed by atoms with Crippen molar-refractivity contribution in [2.45, 2.75) is 31.0 Å². The Kier molecular flexibility index (Phi) is 6.29. The monoisotopic (exact) mass is 439 g/mol. The van der Waals surface area contributed by atoms with E-state index in [1.165, 1.54) is 0 Å². The molecule has 2 heterocycles. The number of phenolic OH excluding ortho intramolecular Hbond substituents is 2. The fourth-order valence-corrected chi connectivity index (χ4v) is 4.44. The minimum Gasteiger partial charge on any atom is -0.507 e. The van der Waals surface area contributed by atoms with Crippen LogP contribution in [-0.2, 0) is 0 Å². The minimum atomic E-state index is -0.724. The maximum Gasteiger partial charge on any atom is 0.174 e. The molecule has 2 aliphatic rings. The van der Waals surface area contributed by atoms with E-state index in [1.54, 1.807) is 18.2 Å². The Morgan fingerprint density at radius 3 is 2.62 bits per heavy atom. The maximum atomic E-state index is 12.8. The number of Topliss-reactive ketones (excluding diaryl/α,β-unsaturated/α-hetero) is 1. The molecule has 1 unspecified atom stereocenters. The number of aliphatic hydroxyl groups is 1. The maximum absolute atomic E-state index is 12.8. The number of halogens is 2. The third-order valence-corrected chi connectivity index (χ3v) is 5.94. The van der Waals surface area contributed by atoms with Crippen LogP contribution in [0.4, 0.5) is 0 Å². The second-order valence-electron chi connectivity index (χ2n) is 7.51. The first-order valence-corrected chi connectivity index (χ1v) is 9.64. The molecule has 3 atom stereocenters. The standard InChI is InChI=1S/C21H22ClNO5.ClH/c1-23-7-6-12(17(27)10-23)19-14(24)8-15(25)20-16(26)9-18(28-21(19)20)11-4-2-3-5-13(11)22;/h2-5,8,12,17-18,24-25,27H,6-7,9-10H2,1H3;1H/t12-,17+,18?;/m0./s1. The van der Waals surface area contributed by atoms with E-state index in [0.717, 1.165) is 12.6 Å². The van der Waals surface area contributed by atoms with E-state index in [4.69, 9.17) is 16.3 Å². The summed E-state index contributed by atoms with van der Waals surface area (Å²) in [5.74, 6) is -1.04. The van der Waals surface area contributed by atoms with Gasteiger partial charge in [-0.05, 0) is 26.1 Å². The lowest BCUT2D eigenvalue weighted by atomic mass is 9.83. The van der Waals surface area contributed by atoms with E-state index < -0.39 is 18.1 Å². The van der Waals surface area contributed by atoms with Crippen molar-refractivity contribution in [1.29, 1.82) is 0 Å². The third-order valence-electron chi connectivity index (χ3n) is 5.59. The van der Waals surface area contributed by atoms with Crippen molar-refractivity contribution in [3.05, 3.63) is 52.0 Å². The Balaban J connectivity index is 0.00000240. The average molecular weight is 440 g/mol.